The largest absolute Gasteiger partial charge is 0.493 e. The first kappa shape index (κ1) is 21.1. The molecule has 0 aromatic heterocycles. The highest BCUT2D eigenvalue weighted by molar-refractivity contribution is 9.10. The third-order valence-corrected chi connectivity index (χ3v) is 5.13. The number of ether oxygens (including phenoxy) is 3. The van der Waals surface area contributed by atoms with Crippen LogP contribution in [0, 0.1) is 0 Å². The van der Waals surface area contributed by atoms with Gasteiger partial charge in [-0.3, -0.25) is 4.79 Å². The SMILES string of the molecule is CCOc1ccc(C(=O)Nc2ccc(N3CCOCC3)c(C(=O)OC)c2)cc1Br. The lowest BCUT2D eigenvalue weighted by Gasteiger charge is -2.30. The van der Waals surface area contributed by atoms with Gasteiger partial charge in [0.05, 0.1) is 42.7 Å². The third kappa shape index (κ3) is 5.07. The van der Waals surface area contributed by atoms with Gasteiger partial charge in [-0.25, -0.2) is 4.79 Å². The first-order valence-electron chi connectivity index (χ1n) is 9.32. The highest BCUT2D eigenvalue weighted by Crippen LogP contribution is 2.28. The molecule has 1 amide bonds. The predicted molar refractivity (Wildman–Crippen MR) is 114 cm³/mol. The van der Waals surface area contributed by atoms with Crippen LogP contribution in [0.3, 0.4) is 0 Å². The standard InChI is InChI=1S/C21H23BrN2O5/c1-3-29-19-7-4-14(12-17(19)22)20(25)23-15-5-6-18(16(13-15)21(26)27-2)24-8-10-28-11-9-24/h4-7,12-13H,3,8-11H2,1-2H3,(H,23,25). The van der Waals surface area contributed by atoms with E-state index in [1.54, 1.807) is 30.3 Å². The Morgan fingerprint density at radius 1 is 1.17 bits per heavy atom. The molecule has 29 heavy (non-hydrogen) atoms. The summed E-state index contributed by atoms with van der Waals surface area (Å²) in [5.41, 5.74) is 2.15. The number of nitrogens with zero attached hydrogens (tertiary/aromatic N) is 1. The fourth-order valence-electron chi connectivity index (χ4n) is 3.09. The summed E-state index contributed by atoms with van der Waals surface area (Å²) in [6.07, 6.45) is 0. The molecule has 0 saturated carbocycles. The van der Waals surface area contributed by atoms with Gasteiger partial charge in [0.25, 0.3) is 5.91 Å². The number of amides is 1. The summed E-state index contributed by atoms with van der Waals surface area (Å²) in [4.78, 5) is 27.0. The number of halogens is 1. The molecule has 0 aliphatic carbocycles. The van der Waals surface area contributed by atoms with Gasteiger partial charge in [0.15, 0.2) is 0 Å². The van der Waals surface area contributed by atoms with Crippen LogP contribution in [0.2, 0.25) is 0 Å². The molecule has 1 heterocycles. The second-order valence-corrected chi connectivity index (χ2v) is 7.21. The highest BCUT2D eigenvalue weighted by atomic mass is 79.9. The molecule has 0 bridgehead atoms. The van der Waals surface area contributed by atoms with Crippen molar-refractivity contribution in [3.8, 4) is 5.75 Å². The van der Waals surface area contributed by atoms with Crippen molar-refractivity contribution in [3.05, 3.63) is 52.0 Å². The quantitative estimate of drug-likeness (QED) is 0.659. The maximum Gasteiger partial charge on any atom is 0.340 e. The molecule has 1 fully saturated rings. The molecule has 1 aliphatic heterocycles. The van der Waals surface area contributed by atoms with Crippen LogP contribution in [-0.4, -0.2) is 51.9 Å². The van der Waals surface area contributed by atoms with E-state index in [1.165, 1.54) is 7.11 Å². The third-order valence-electron chi connectivity index (χ3n) is 4.51. The zero-order valence-electron chi connectivity index (χ0n) is 16.4. The van der Waals surface area contributed by atoms with Gasteiger partial charge in [-0.15, -0.1) is 0 Å². The average molecular weight is 463 g/mol. The van der Waals surface area contributed by atoms with Crippen LogP contribution in [0.4, 0.5) is 11.4 Å². The Hall–Kier alpha value is -2.58. The lowest BCUT2D eigenvalue weighted by atomic mass is 10.1. The van der Waals surface area contributed by atoms with E-state index in [9.17, 15) is 9.59 Å². The lowest BCUT2D eigenvalue weighted by molar-refractivity contribution is 0.0600. The van der Waals surface area contributed by atoms with Crippen LogP contribution >= 0.6 is 15.9 Å². The fraction of sp³-hybridized carbons (Fsp3) is 0.333. The Kier molecular flexibility index (Phi) is 7.11. The Balaban J connectivity index is 1.82. The smallest absolute Gasteiger partial charge is 0.340 e. The van der Waals surface area contributed by atoms with Crippen molar-refractivity contribution in [2.45, 2.75) is 6.92 Å². The number of nitrogens with one attached hydrogen (secondary N) is 1. The van der Waals surface area contributed by atoms with Crippen molar-refractivity contribution in [3.63, 3.8) is 0 Å². The van der Waals surface area contributed by atoms with E-state index >= 15 is 0 Å². The van der Waals surface area contributed by atoms with Crippen LogP contribution in [0.5, 0.6) is 5.75 Å². The van der Waals surface area contributed by atoms with Crippen LogP contribution in [0.1, 0.15) is 27.6 Å². The number of rotatable bonds is 6. The number of anilines is 2. The van der Waals surface area contributed by atoms with E-state index in [0.717, 1.165) is 5.69 Å². The molecule has 8 heteroatoms. The molecule has 1 saturated heterocycles. The van der Waals surface area contributed by atoms with E-state index in [-0.39, 0.29) is 5.91 Å². The maximum atomic E-state index is 12.7. The Morgan fingerprint density at radius 3 is 2.59 bits per heavy atom. The normalized spacial score (nSPS) is 13.7. The van der Waals surface area contributed by atoms with Gasteiger partial charge in [-0.2, -0.15) is 0 Å². The van der Waals surface area contributed by atoms with Crippen LogP contribution in [0.25, 0.3) is 0 Å². The number of carbonyl (C=O) groups is 2. The molecular weight excluding hydrogens is 440 g/mol. The van der Waals surface area contributed by atoms with Gasteiger partial charge in [0, 0.05) is 24.3 Å². The average Bonchev–Trinajstić information content (AvgIpc) is 2.75. The summed E-state index contributed by atoms with van der Waals surface area (Å²) in [6.45, 7) is 5.02. The van der Waals surface area contributed by atoms with E-state index in [1.807, 2.05) is 13.0 Å². The second-order valence-electron chi connectivity index (χ2n) is 6.36. The molecule has 3 rings (SSSR count). The molecule has 0 radical (unpaired) electrons. The second kappa shape index (κ2) is 9.76. The summed E-state index contributed by atoms with van der Waals surface area (Å²) in [6, 6.07) is 10.4. The molecule has 2 aromatic rings. The molecule has 0 unspecified atom stereocenters. The van der Waals surface area contributed by atoms with Gasteiger partial charge in [0.1, 0.15) is 5.75 Å². The Labute approximate surface area is 178 Å². The zero-order valence-corrected chi connectivity index (χ0v) is 18.0. The number of hydrogen-bond acceptors (Lipinski definition) is 6. The topological polar surface area (TPSA) is 77.1 Å². The fourth-order valence-corrected chi connectivity index (χ4v) is 3.58. The molecule has 2 aromatic carbocycles. The summed E-state index contributed by atoms with van der Waals surface area (Å²) < 4.78 is 16.5. The van der Waals surface area contributed by atoms with Crippen molar-refractivity contribution >= 4 is 39.2 Å². The summed E-state index contributed by atoms with van der Waals surface area (Å²) >= 11 is 3.41. The van der Waals surface area contributed by atoms with Crippen molar-refractivity contribution < 1.29 is 23.8 Å². The molecule has 7 nitrogen and oxygen atoms in total. The minimum atomic E-state index is -0.452. The highest BCUT2D eigenvalue weighted by Gasteiger charge is 2.20. The van der Waals surface area contributed by atoms with Crippen molar-refractivity contribution in [1.82, 2.24) is 0 Å². The van der Waals surface area contributed by atoms with E-state index in [2.05, 4.69) is 26.1 Å². The van der Waals surface area contributed by atoms with Gasteiger partial charge < -0.3 is 24.4 Å². The predicted octanol–water partition coefficient (Wildman–Crippen LogP) is 3.72. The molecular formula is C21H23BrN2O5. The maximum absolute atomic E-state index is 12.7. The van der Waals surface area contributed by atoms with Crippen LogP contribution < -0.4 is 15.0 Å². The van der Waals surface area contributed by atoms with E-state index in [4.69, 9.17) is 14.2 Å². The summed E-state index contributed by atoms with van der Waals surface area (Å²) in [5, 5.41) is 2.83. The Morgan fingerprint density at radius 2 is 1.93 bits per heavy atom. The monoisotopic (exact) mass is 462 g/mol. The number of methoxy groups -OCH3 is 1. The van der Waals surface area contributed by atoms with Gasteiger partial charge >= 0.3 is 5.97 Å². The number of carbonyl (C=O) groups excluding carboxylic acids is 2. The first-order valence-corrected chi connectivity index (χ1v) is 10.1. The lowest BCUT2D eigenvalue weighted by Crippen LogP contribution is -2.37. The van der Waals surface area contributed by atoms with Crippen molar-refractivity contribution in [2.75, 3.05) is 50.2 Å². The van der Waals surface area contributed by atoms with Crippen molar-refractivity contribution in [2.24, 2.45) is 0 Å². The Bertz CT molecular complexity index is 897. The molecule has 0 spiro atoms. The van der Waals surface area contributed by atoms with E-state index < -0.39 is 5.97 Å². The summed E-state index contributed by atoms with van der Waals surface area (Å²) in [7, 11) is 1.34. The number of esters is 1. The zero-order chi connectivity index (χ0) is 20.8. The number of hydrogen-bond donors (Lipinski definition) is 1. The number of morpholine rings is 1. The molecule has 1 aliphatic rings. The van der Waals surface area contributed by atoms with Crippen LogP contribution in [-0.2, 0) is 9.47 Å². The van der Waals surface area contributed by atoms with Crippen molar-refractivity contribution in [1.29, 1.82) is 0 Å². The molecule has 1 N–H and O–H groups in total. The minimum absolute atomic E-state index is 0.288. The molecule has 154 valence electrons. The van der Waals surface area contributed by atoms with Gasteiger partial charge in [0.2, 0.25) is 0 Å². The van der Waals surface area contributed by atoms with Gasteiger partial charge in [-0.05, 0) is 59.3 Å². The molecule has 0 atom stereocenters. The minimum Gasteiger partial charge on any atom is -0.493 e. The van der Waals surface area contributed by atoms with Gasteiger partial charge in [-0.1, -0.05) is 0 Å². The number of benzene rings is 2. The van der Waals surface area contributed by atoms with E-state index in [0.29, 0.717) is 59.9 Å². The first-order chi connectivity index (χ1) is 14.0. The summed E-state index contributed by atoms with van der Waals surface area (Å²) in [5.74, 6) is -0.0676. The van der Waals surface area contributed by atoms with Crippen LogP contribution in [0.15, 0.2) is 40.9 Å².